The Bertz CT molecular complexity index is 2170. The molecule has 49 heavy (non-hydrogen) atoms. The maximum Gasteiger partial charge on any atom is 0.573 e. The number of para-hydroxylation sites is 1. The Morgan fingerprint density at radius 2 is 1.57 bits per heavy atom. The predicted molar refractivity (Wildman–Crippen MR) is 174 cm³/mol. The number of nitrogens with two attached hydrogens (primary N) is 1. The van der Waals surface area contributed by atoms with Crippen molar-refractivity contribution in [2.24, 2.45) is 0 Å². The fourth-order valence-corrected chi connectivity index (χ4v) is 6.70. The number of nitrogen functional groups attached to an aromatic ring is 1. The van der Waals surface area contributed by atoms with E-state index in [0.717, 1.165) is 17.5 Å². The van der Waals surface area contributed by atoms with Gasteiger partial charge in [-0.15, -0.1) is 13.2 Å². The van der Waals surface area contributed by atoms with Crippen LogP contribution in [0.5, 0.6) is 5.75 Å². The number of alkyl halides is 3. The van der Waals surface area contributed by atoms with E-state index in [9.17, 15) is 31.2 Å². The third-order valence-electron chi connectivity index (χ3n) is 7.77. The Morgan fingerprint density at radius 1 is 0.857 bits per heavy atom. The van der Waals surface area contributed by atoms with Crippen molar-refractivity contribution in [3.63, 3.8) is 0 Å². The molecule has 1 aliphatic rings. The van der Waals surface area contributed by atoms with E-state index in [1.54, 1.807) is 43.5 Å². The molecular formula is C33H28F3N7O5S. The molecule has 1 saturated heterocycles. The highest BCUT2D eigenvalue weighted by Gasteiger charge is 2.34. The number of carbonyl (C=O) groups excluding carboxylic acids is 2. The Balaban J connectivity index is 1.26. The van der Waals surface area contributed by atoms with Gasteiger partial charge in [0.1, 0.15) is 5.69 Å². The second kappa shape index (κ2) is 13.0. The highest BCUT2D eigenvalue weighted by molar-refractivity contribution is 7.92. The number of piperazine rings is 1. The second-order valence-corrected chi connectivity index (χ2v) is 12.8. The van der Waals surface area contributed by atoms with Gasteiger partial charge >= 0.3 is 6.36 Å². The van der Waals surface area contributed by atoms with E-state index >= 15 is 0 Å². The van der Waals surface area contributed by atoms with Gasteiger partial charge in [0.2, 0.25) is 0 Å². The summed E-state index contributed by atoms with van der Waals surface area (Å²) in [5.41, 5.74) is 7.43. The number of rotatable bonds is 7. The molecule has 3 aromatic carbocycles. The van der Waals surface area contributed by atoms with Crippen LogP contribution in [-0.2, 0) is 10.0 Å². The van der Waals surface area contributed by atoms with Crippen LogP contribution in [0.4, 0.5) is 24.5 Å². The van der Waals surface area contributed by atoms with E-state index in [1.165, 1.54) is 46.5 Å². The number of aromatic nitrogens is 3. The number of ether oxygens (including phenoxy) is 1. The lowest BCUT2D eigenvalue weighted by Gasteiger charge is -2.34. The van der Waals surface area contributed by atoms with E-state index in [-0.39, 0.29) is 59.5 Å². The van der Waals surface area contributed by atoms with Crippen LogP contribution in [-0.4, -0.2) is 77.5 Å². The molecule has 5 aromatic rings. The normalized spacial score (nSPS) is 13.7. The number of pyridine rings is 1. The average Bonchev–Trinajstić information content (AvgIpc) is 3.07. The van der Waals surface area contributed by atoms with E-state index in [4.69, 9.17) is 5.73 Å². The topological polar surface area (TPSA) is 161 Å². The molecule has 0 bridgehead atoms. The van der Waals surface area contributed by atoms with Crippen molar-refractivity contribution in [1.29, 1.82) is 0 Å². The minimum absolute atomic E-state index is 0.0939. The quantitative estimate of drug-likeness (QED) is 0.227. The Hall–Kier alpha value is -5.77. The number of benzene rings is 3. The van der Waals surface area contributed by atoms with Crippen LogP contribution in [0.2, 0.25) is 0 Å². The van der Waals surface area contributed by atoms with Crippen LogP contribution in [0.1, 0.15) is 26.5 Å². The molecule has 0 radical (unpaired) electrons. The summed E-state index contributed by atoms with van der Waals surface area (Å²) < 4.78 is 74.7. The molecule has 2 aromatic heterocycles. The fourth-order valence-electron chi connectivity index (χ4n) is 5.42. The lowest BCUT2D eigenvalue weighted by atomic mass is 10.0. The van der Waals surface area contributed by atoms with Gasteiger partial charge in [0.05, 0.1) is 28.0 Å². The summed E-state index contributed by atoms with van der Waals surface area (Å²) in [5, 5.41) is 0.730. The number of fused-ring (bicyclic) bond motifs is 1. The SMILES string of the molecule is Cc1cnc(C(=O)N2CCN(C(=O)c3ccc(NS(=O)(=O)c4ccc(N)cc4-c4cccc5cccnc45)c(OC(F)(F)F)c3)CC2)cn1. The standard InChI is InChI=1S/C33H28F3N7O5S/c1-20-18-40-27(19-39-20)32(45)43-14-12-42(13-15-43)31(44)22-7-9-26(28(16-22)48-33(34,35)36)41-49(46,47)29-10-8-23(37)17-25(29)24-6-2-4-21-5-3-11-38-30(21)24/h2-11,16-19,41H,12-15,37H2,1H3. The van der Waals surface area contributed by atoms with Gasteiger partial charge < -0.3 is 20.3 Å². The van der Waals surface area contributed by atoms with E-state index in [2.05, 4.69) is 24.4 Å². The minimum atomic E-state index is -5.21. The summed E-state index contributed by atoms with van der Waals surface area (Å²) in [6.07, 6.45) is -0.835. The molecule has 252 valence electrons. The van der Waals surface area contributed by atoms with Crippen molar-refractivity contribution in [3.05, 3.63) is 102 Å². The molecule has 3 heterocycles. The molecule has 1 fully saturated rings. The van der Waals surface area contributed by atoms with E-state index in [1.807, 2.05) is 0 Å². The zero-order valence-corrected chi connectivity index (χ0v) is 26.6. The number of nitrogens with one attached hydrogen (secondary N) is 1. The molecule has 3 N–H and O–H groups in total. The van der Waals surface area contributed by atoms with Crippen molar-refractivity contribution >= 4 is 44.1 Å². The molecule has 0 spiro atoms. The number of halogens is 3. The molecule has 6 rings (SSSR count). The largest absolute Gasteiger partial charge is 0.573 e. The van der Waals surface area contributed by atoms with E-state index in [0.29, 0.717) is 16.8 Å². The van der Waals surface area contributed by atoms with Crippen LogP contribution in [0.15, 0.2) is 90.2 Å². The van der Waals surface area contributed by atoms with Crippen LogP contribution >= 0.6 is 0 Å². The van der Waals surface area contributed by atoms with Gasteiger partial charge in [0, 0.05) is 66.3 Å². The first-order chi connectivity index (χ1) is 23.3. The van der Waals surface area contributed by atoms with Crippen molar-refractivity contribution in [3.8, 4) is 16.9 Å². The summed E-state index contributed by atoms with van der Waals surface area (Å²) in [5.74, 6) is -1.93. The van der Waals surface area contributed by atoms with Crippen molar-refractivity contribution in [2.45, 2.75) is 18.2 Å². The number of sulfonamides is 1. The van der Waals surface area contributed by atoms with Crippen LogP contribution in [0.25, 0.3) is 22.0 Å². The van der Waals surface area contributed by atoms with Gasteiger partial charge in [-0.3, -0.25) is 24.3 Å². The minimum Gasteiger partial charge on any atom is -0.404 e. The Morgan fingerprint density at radius 3 is 2.27 bits per heavy atom. The number of hydrogen-bond acceptors (Lipinski definition) is 9. The van der Waals surface area contributed by atoms with Gasteiger partial charge in [-0.05, 0) is 49.4 Å². The third-order valence-corrected chi connectivity index (χ3v) is 9.19. The highest BCUT2D eigenvalue weighted by Crippen LogP contribution is 2.37. The predicted octanol–water partition coefficient (Wildman–Crippen LogP) is 4.88. The molecule has 0 atom stereocenters. The van der Waals surface area contributed by atoms with Gasteiger partial charge in [0.15, 0.2) is 5.75 Å². The van der Waals surface area contributed by atoms with Crippen molar-refractivity contribution in [1.82, 2.24) is 24.8 Å². The number of amides is 2. The zero-order valence-electron chi connectivity index (χ0n) is 25.8. The van der Waals surface area contributed by atoms with Crippen molar-refractivity contribution < 1.29 is 35.9 Å². The van der Waals surface area contributed by atoms with Crippen LogP contribution in [0, 0.1) is 6.92 Å². The van der Waals surface area contributed by atoms with Gasteiger partial charge in [0.25, 0.3) is 21.8 Å². The molecule has 2 amide bonds. The summed E-state index contributed by atoms with van der Waals surface area (Å²) in [6.45, 7) is 2.23. The smallest absolute Gasteiger partial charge is 0.404 e. The molecule has 0 aliphatic carbocycles. The Kier molecular flexibility index (Phi) is 8.81. The molecule has 0 unspecified atom stereocenters. The lowest BCUT2D eigenvalue weighted by Crippen LogP contribution is -2.50. The summed E-state index contributed by atoms with van der Waals surface area (Å²) in [7, 11) is -4.57. The maximum atomic E-state index is 13.8. The number of hydrogen-bond donors (Lipinski definition) is 2. The number of carbonyl (C=O) groups is 2. The van der Waals surface area contributed by atoms with Crippen molar-refractivity contribution in [2.75, 3.05) is 36.6 Å². The number of nitrogens with zero attached hydrogens (tertiary/aromatic N) is 5. The summed E-state index contributed by atoms with van der Waals surface area (Å²) in [6, 6.07) is 15.8. The molecular weight excluding hydrogens is 663 g/mol. The highest BCUT2D eigenvalue weighted by atomic mass is 32.2. The first-order valence-electron chi connectivity index (χ1n) is 14.8. The first-order valence-corrected chi connectivity index (χ1v) is 16.3. The third kappa shape index (κ3) is 7.23. The fraction of sp³-hybridized carbons (Fsp3) is 0.182. The molecule has 16 heteroatoms. The molecule has 0 saturated carbocycles. The number of aryl methyl sites for hydroxylation is 1. The van der Waals surface area contributed by atoms with Gasteiger partial charge in [-0.2, -0.15) is 0 Å². The molecule has 1 aliphatic heterocycles. The Labute approximate surface area is 278 Å². The summed E-state index contributed by atoms with van der Waals surface area (Å²) >= 11 is 0. The van der Waals surface area contributed by atoms with Gasteiger partial charge in [-0.1, -0.05) is 24.3 Å². The zero-order chi connectivity index (χ0) is 34.9. The van der Waals surface area contributed by atoms with Crippen LogP contribution < -0.4 is 15.2 Å². The second-order valence-electron chi connectivity index (χ2n) is 11.1. The molecule has 12 nitrogen and oxygen atoms in total. The first kappa shape index (κ1) is 33.1. The monoisotopic (exact) mass is 691 g/mol. The summed E-state index contributed by atoms with van der Waals surface area (Å²) in [4.78, 5) is 41.3. The van der Waals surface area contributed by atoms with Gasteiger partial charge in [-0.25, -0.2) is 13.4 Å². The van der Waals surface area contributed by atoms with Crippen LogP contribution in [0.3, 0.4) is 0 Å². The lowest BCUT2D eigenvalue weighted by molar-refractivity contribution is -0.274. The van der Waals surface area contributed by atoms with E-state index < -0.39 is 33.7 Å². The number of anilines is 2. The average molecular weight is 692 g/mol. The maximum absolute atomic E-state index is 13.8.